The van der Waals surface area contributed by atoms with Gasteiger partial charge in [-0.15, -0.1) is 0 Å². The summed E-state index contributed by atoms with van der Waals surface area (Å²) in [5.74, 6) is 0. The van der Waals surface area contributed by atoms with Gasteiger partial charge in [-0.25, -0.2) is 0 Å². The van der Waals surface area contributed by atoms with Crippen LogP contribution in [-0.2, 0) is 8.23 Å². The second kappa shape index (κ2) is 5.70. The molecule has 0 bridgehead atoms. The van der Waals surface area contributed by atoms with Gasteiger partial charge in [0.15, 0.2) is 0 Å². The molecule has 0 amide bonds. The summed E-state index contributed by atoms with van der Waals surface area (Å²) in [6.07, 6.45) is 0. The second-order valence-corrected chi connectivity index (χ2v) is 4.54. The molecule has 0 rings (SSSR count). The summed E-state index contributed by atoms with van der Waals surface area (Å²) in [6, 6.07) is 0. The topological polar surface area (TPSA) is 18.5 Å². The molecule has 0 atom stereocenters. The van der Waals surface area contributed by atoms with Crippen molar-refractivity contribution in [2.24, 2.45) is 0 Å². The maximum absolute atomic E-state index is 5.20. The van der Waals surface area contributed by atoms with Gasteiger partial charge in [-0.3, -0.25) is 0 Å². The van der Waals surface area contributed by atoms with Crippen molar-refractivity contribution in [1.29, 1.82) is 0 Å². The lowest BCUT2D eigenvalue weighted by molar-refractivity contribution is 0.466. The minimum Gasteiger partial charge on any atom is -0.436 e. The van der Waals surface area contributed by atoms with E-state index in [2.05, 4.69) is 0 Å². The summed E-state index contributed by atoms with van der Waals surface area (Å²) in [4.78, 5) is 0. The van der Waals surface area contributed by atoms with E-state index in [-0.39, 0.29) is 0 Å². The van der Waals surface area contributed by atoms with E-state index in [9.17, 15) is 0 Å². The van der Waals surface area contributed by atoms with Gasteiger partial charge < -0.3 is 8.23 Å². The van der Waals surface area contributed by atoms with Crippen molar-refractivity contribution >= 4 is 28.8 Å². The number of rotatable bonds is 4. The van der Waals surface area contributed by atoms with Crippen LogP contribution in [-0.4, -0.2) is 28.8 Å². The average Bonchev–Trinajstić information content (AvgIpc) is 1.68. The fourth-order valence-electron chi connectivity index (χ4n) is 0.308. The van der Waals surface area contributed by atoms with Gasteiger partial charge in [0.2, 0.25) is 19.5 Å². The van der Waals surface area contributed by atoms with Crippen molar-refractivity contribution in [2.75, 3.05) is 0 Å². The van der Waals surface area contributed by atoms with Crippen molar-refractivity contribution in [3.05, 3.63) is 0 Å². The molecule has 0 aliphatic rings. The molecular formula is C3H9O2Si3. The third-order valence-corrected chi connectivity index (χ3v) is 4.42. The van der Waals surface area contributed by atoms with Crippen LogP contribution in [0.2, 0.25) is 19.6 Å². The monoisotopic (exact) mass is 161 g/mol. The van der Waals surface area contributed by atoms with E-state index in [0.717, 1.165) is 0 Å². The highest BCUT2D eigenvalue weighted by Gasteiger charge is 2.03. The molecule has 0 saturated heterocycles. The summed E-state index contributed by atoms with van der Waals surface area (Å²) in [5, 5.41) is 0. The molecule has 0 aliphatic heterocycles. The predicted molar refractivity (Wildman–Crippen MR) is 37.0 cm³/mol. The first-order chi connectivity index (χ1) is 3.81. The van der Waals surface area contributed by atoms with Crippen LogP contribution in [0.4, 0.5) is 0 Å². The van der Waals surface area contributed by atoms with E-state index >= 15 is 0 Å². The summed E-state index contributed by atoms with van der Waals surface area (Å²) >= 11 is 0. The van der Waals surface area contributed by atoms with Gasteiger partial charge in [0.25, 0.3) is 0 Å². The molecule has 0 heterocycles. The van der Waals surface area contributed by atoms with Crippen molar-refractivity contribution in [1.82, 2.24) is 0 Å². The third-order valence-electron chi connectivity index (χ3n) is 0.492. The van der Waals surface area contributed by atoms with E-state index in [1.165, 1.54) is 0 Å². The van der Waals surface area contributed by atoms with E-state index in [4.69, 9.17) is 8.23 Å². The van der Waals surface area contributed by atoms with Crippen LogP contribution < -0.4 is 0 Å². The highest BCUT2D eigenvalue weighted by molar-refractivity contribution is 6.56. The molecule has 0 saturated carbocycles. The van der Waals surface area contributed by atoms with Gasteiger partial charge in [0.05, 0.1) is 0 Å². The van der Waals surface area contributed by atoms with E-state index in [0.29, 0.717) is 19.5 Å². The fraction of sp³-hybridized carbons (Fsp3) is 1.00. The van der Waals surface area contributed by atoms with Crippen molar-refractivity contribution in [3.63, 3.8) is 0 Å². The molecule has 0 N–H and O–H groups in total. The minimum atomic E-state index is -0.867. The van der Waals surface area contributed by atoms with Crippen molar-refractivity contribution in [3.8, 4) is 0 Å². The van der Waals surface area contributed by atoms with Gasteiger partial charge in [-0.2, -0.15) is 0 Å². The Hall–Kier alpha value is 0.571. The highest BCUT2D eigenvalue weighted by Crippen LogP contribution is 1.83. The molecule has 0 spiro atoms. The lowest BCUT2D eigenvalue weighted by atomic mass is 11.9. The number of hydrogen-bond acceptors (Lipinski definition) is 2. The van der Waals surface area contributed by atoms with Gasteiger partial charge in [-0.1, -0.05) is 0 Å². The van der Waals surface area contributed by atoms with Crippen LogP contribution in [0.25, 0.3) is 0 Å². The Bertz CT molecular complexity index is 45.8. The summed E-state index contributed by atoms with van der Waals surface area (Å²) < 4.78 is 10.4. The maximum Gasteiger partial charge on any atom is 0.358 e. The van der Waals surface area contributed by atoms with E-state index < -0.39 is 9.28 Å². The second-order valence-electron chi connectivity index (χ2n) is 1.10. The van der Waals surface area contributed by atoms with Crippen LogP contribution >= 0.6 is 0 Å². The Balaban J connectivity index is 2.92. The van der Waals surface area contributed by atoms with Crippen molar-refractivity contribution in [2.45, 2.75) is 19.6 Å². The first-order valence-electron chi connectivity index (χ1n) is 2.32. The zero-order valence-corrected chi connectivity index (χ0v) is 8.32. The average molecular weight is 161 g/mol. The maximum atomic E-state index is 5.20. The summed E-state index contributed by atoms with van der Waals surface area (Å²) in [5.41, 5.74) is 0. The molecule has 0 aliphatic carbocycles. The van der Waals surface area contributed by atoms with Crippen LogP contribution in [0, 0.1) is 0 Å². The van der Waals surface area contributed by atoms with E-state index in [1.807, 2.05) is 19.6 Å². The van der Waals surface area contributed by atoms with Crippen LogP contribution in [0.15, 0.2) is 0 Å². The number of hydrogen-bond donors (Lipinski definition) is 0. The van der Waals surface area contributed by atoms with Crippen LogP contribution in [0.3, 0.4) is 0 Å². The summed E-state index contributed by atoms with van der Waals surface area (Å²) in [7, 11) is 0.279. The molecule has 0 fully saturated rings. The van der Waals surface area contributed by atoms with E-state index in [1.54, 1.807) is 0 Å². The van der Waals surface area contributed by atoms with Gasteiger partial charge >= 0.3 is 9.28 Å². The quantitative estimate of drug-likeness (QED) is 0.558. The van der Waals surface area contributed by atoms with Gasteiger partial charge in [0, 0.05) is 0 Å². The third kappa shape index (κ3) is 4.72. The first-order valence-corrected chi connectivity index (χ1v) is 6.95. The SMILES string of the molecule is C[Si]O[Si](C)O[Si]C. The van der Waals surface area contributed by atoms with Crippen LogP contribution in [0.5, 0.6) is 0 Å². The molecular weight excluding hydrogens is 152 g/mol. The molecule has 5 radical (unpaired) electrons. The summed E-state index contributed by atoms with van der Waals surface area (Å²) in [6.45, 7) is 6.03. The first kappa shape index (κ1) is 8.57. The minimum absolute atomic E-state index is 0.573. The molecule has 0 aromatic heterocycles. The van der Waals surface area contributed by atoms with Crippen LogP contribution in [0.1, 0.15) is 0 Å². The lowest BCUT2D eigenvalue weighted by Gasteiger charge is -2.05. The van der Waals surface area contributed by atoms with Gasteiger partial charge in [0.1, 0.15) is 0 Å². The zero-order chi connectivity index (χ0) is 6.41. The zero-order valence-electron chi connectivity index (χ0n) is 5.32. The fourth-order valence-corrected chi connectivity index (χ4v) is 3.15. The Kier molecular flexibility index (Phi) is 6.11. The lowest BCUT2D eigenvalue weighted by Crippen LogP contribution is -2.20. The molecule has 0 aromatic rings. The molecule has 0 unspecified atom stereocenters. The molecule has 45 valence electrons. The highest BCUT2D eigenvalue weighted by atomic mass is 28.4. The largest absolute Gasteiger partial charge is 0.436 e. The Morgan fingerprint density at radius 3 is 1.75 bits per heavy atom. The Morgan fingerprint density at radius 1 is 1.12 bits per heavy atom. The standard InChI is InChI=1S/C3H9O2Si3/c1-6-4-8(3)5-7-2/h1-3H3. The predicted octanol–water partition coefficient (Wildman–Crippen LogP) is 0.472. The van der Waals surface area contributed by atoms with Gasteiger partial charge in [-0.05, 0) is 19.6 Å². The molecule has 0 aromatic carbocycles. The molecule has 5 heteroatoms. The smallest absolute Gasteiger partial charge is 0.358 e. The molecule has 2 nitrogen and oxygen atoms in total. The normalized spacial score (nSPS) is 10.5. The Labute approximate surface area is 57.3 Å². The Morgan fingerprint density at radius 2 is 1.50 bits per heavy atom. The van der Waals surface area contributed by atoms with Crippen molar-refractivity contribution < 1.29 is 8.23 Å². The molecule has 8 heavy (non-hydrogen) atoms.